The minimum absolute atomic E-state index is 0.0128. The highest BCUT2D eigenvalue weighted by atomic mass is 35.5. The first-order valence-electron chi connectivity index (χ1n) is 7.35. The number of esters is 1. The molecule has 0 saturated carbocycles. The summed E-state index contributed by atoms with van der Waals surface area (Å²) in [6.07, 6.45) is 1.49. The zero-order chi connectivity index (χ0) is 18.8. The first-order chi connectivity index (χ1) is 12.4. The summed E-state index contributed by atoms with van der Waals surface area (Å²) in [6, 6.07) is 7.14. The maximum atomic E-state index is 12.5. The molecule has 7 nitrogen and oxygen atoms in total. The number of rotatable bonds is 4. The van der Waals surface area contributed by atoms with Crippen LogP contribution in [0.1, 0.15) is 21.9 Å². The molecule has 1 aliphatic heterocycles. The number of nitrogens with zero attached hydrogens (tertiary/aromatic N) is 1. The number of imide groups is 1. The molecular formula is C17H12Cl2N2O5. The molecule has 3 amide bonds. The normalized spacial score (nSPS) is 15.5. The van der Waals surface area contributed by atoms with E-state index in [4.69, 9.17) is 27.6 Å². The molecule has 0 radical (unpaired) electrons. The van der Waals surface area contributed by atoms with Gasteiger partial charge in [-0.15, -0.1) is 0 Å². The predicted molar refractivity (Wildman–Crippen MR) is 93.6 cm³/mol. The minimum atomic E-state index is -0.645. The maximum absolute atomic E-state index is 12.5. The van der Waals surface area contributed by atoms with Crippen LogP contribution in [0.15, 0.2) is 40.4 Å². The molecule has 1 aromatic carbocycles. The zero-order valence-electron chi connectivity index (χ0n) is 13.4. The number of methoxy groups -OCH3 is 1. The summed E-state index contributed by atoms with van der Waals surface area (Å²) >= 11 is 11.8. The van der Waals surface area contributed by atoms with Crippen molar-refractivity contribution in [3.05, 3.63) is 63.2 Å². The fourth-order valence-electron chi connectivity index (χ4n) is 2.31. The molecule has 1 saturated heterocycles. The number of nitrogens with one attached hydrogen (secondary N) is 1. The van der Waals surface area contributed by atoms with E-state index >= 15 is 0 Å². The largest absolute Gasteiger partial charge is 0.463 e. The third-order valence-electron chi connectivity index (χ3n) is 3.58. The van der Waals surface area contributed by atoms with Gasteiger partial charge in [0.15, 0.2) is 0 Å². The Labute approximate surface area is 158 Å². The standard InChI is InChI=1S/C17H12Cl2N2O5/c1-25-16(23)14-5-3-10(26-14)8-21-15(22)13(20-17(21)24)7-9-2-4-11(18)12(19)6-9/h2-7H,8H2,1H3,(H,20,24). The SMILES string of the molecule is COC(=O)c1ccc(CN2C(=O)NC(=Cc3ccc(Cl)c(Cl)c3)C2=O)o1. The van der Waals surface area contributed by atoms with Crippen LogP contribution in [0.25, 0.3) is 6.08 Å². The first-order valence-corrected chi connectivity index (χ1v) is 8.11. The third-order valence-corrected chi connectivity index (χ3v) is 4.32. The second-order valence-electron chi connectivity index (χ2n) is 5.31. The third kappa shape index (κ3) is 3.58. The average molecular weight is 395 g/mol. The van der Waals surface area contributed by atoms with Gasteiger partial charge in [0.25, 0.3) is 5.91 Å². The van der Waals surface area contributed by atoms with Crippen LogP contribution >= 0.6 is 23.2 Å². The lowest BCUT2D eigenvalue weighted by Gasteiger charge is -2.09. The number of carbonyl (C=O) groups is 3. The number of hydrogen-bond acceptors (Lipinski definition) is 5. The molecule has 2 aromatic rings. The average Bonchev–Trinajstić information content (AvgIpc) is 3.18. The van der Waals surface area contributed by atoms with Crippen molar-refractivity contribution in [3.63, 3.8) is 0 Å². The second-order valence-corrected chi connectivity index (χ2v) is 6.12. The fourth-order valence-corrected chi connectivity index (χ4v) is 2.62. The van der Waals surface area contributed by atoms with Crippen LogP contribution in [0.5, 0.6) is 0 Å². The van der Waals surface area contributed by atoms with E-state index in [9.17, 15) is 14.4 Å². The summed E-state index contributed by atoms with van der Waals surface area (Å²) < 4.78 is 9.82. The van der Waals surface area contributed by atoms with Gasteiger partial charge in [0.2, 0.25) is 5.76 Å². The van der Waals surface area contributed by atoms with E-state index in [0.717, 1.165) is 4.90 Å². The van der Waals surface area contributed by atoms with Gasteiger partial charge >= 0.3 is 12.0 Å². The number of benzene rings is 1. The molecule has 0 atom stereocenters. The number of urea groups is 1. The predicted octanol–water partition coefficient (Wildman–Crippen LogP) is 3.47. The van der Waals surface area contributed by atoms with Gasteiger partial charge in [-0.2, -0.15) is 0 Å². The lowest BCUT2D eigenvalue weighted by Crippen LogP contribution is -2.30. The van der Waals surface area contributed by atoms with E-state index in [1.807, 2.05) is 0 Å². The van der Waals surface area contributed by atoms with Crippen LogP contribution in [0.4, 0.5) is 4.79 Å². The van der Waals surface area contributed by atoms with E-state index in [0.29, 0.717) is 15.6 Å². The fraction of sp³-hybridized carbons (Fsp3) is 0.118. The van der Waals surface area contributed by atoms with Crippen molar-refractivity contribution in [1.29, 1.82) is 0 Å². The summed E-state index contributed by atoms with van der Waals surface area (Å²) in [6.45, 7) is -0.125. The van der Waals surface area contributed by atoms with Crippen LogP contribution in [-0.2, 0) is 16.1 Å². The summed E-state index contributed by atoms with van der Waals surface area (Å²) in [5.41, 5.74) is 0.698. The van der Waals surface area contributed by atoms with Gasteiger partial charge in [-0.25, -0.2) is 9.59 Å². The van der Waals surface area contributed by atoms with Crippen molar-refractivity contribution in [2.75, 3.05) is 7.11 Å². The molecule has 0 bridgehead atoms. The minimum Gasteiger partial charge on any atom is -0.463 e. The highest BCUT2D eigenvalue weighted by Crippen LogP contribution is 2.25. The van der Waals surface area contributed by atoms with Gasteiger partial charge in [0, 0.05) is 0 Å². The van der Waals surface area contributed by atoms with Crippen LogP contribution < -0.4 is 5.32 Å². The Balaban J connectivity index is 1.78. The molecule has 3 rings (SSSR count). The Morgan fingerprint density at radius 2 is 2.00 bits per heavy atom. The van der Waals surface area contributed by atoms with Gasteiger partial charge in [0.1, 0.15) is 11.5 Å². The Morgan fingerprint density at radius 3 is 2.69 bits per heavy atom. The van der Waals surface area contributed by atoms with E-state index < -0.39 is 17.9 Å². The Hall–Kier alpha value is -2.77. The Morgan fingerprint density at radius 1 is 1.23 bits per heavy atom. The molecule has 1 aliphatic rings. The van der Waals surface area contributed by atoms with E-state index in [2.05, 4.69) is 10.1 Å². The van der Waals surface area contributed by atoms with Crippen LogP contribution in [-0.4, -0.2) is 29.9 Å². The Bertz CT molecular complexity index is 935. The van der Waals surface area contributed by atoms with Gasteiger partial charge < -0.3 is 14.5 Å². The number of amides is 3. The van der Waals surface area contributed by atoms with Crippen molar-refractivity contribution in [2.45, 2.75) is 6.54 Å². The highest BCUT2D eigenvalue weighted by Gasteiger charge is 2.34. The quantitative estimate of drug-likeness (QED) is 0.487. The number of halogens is 2. The van der Waals surface area contributed by atoms with E-state index in [-0.39, 0.29) is 23.8 Å². The van der Waals surface area contributed by atoms with Crippen LogP contribution in [0.2, 0.25) is 10.0 Å². The highest BCUT2D eigenvalue weighted by molar-refractivity contribution is 6.42. The van der Waals surface area contributed by atoms with Crippen molar-refractivity contribution in [2.24, 2.45) is 0 Å². The van der Waals surface area contributed by atoms with Gasteiger partial charge in [-0.1, -0.05) is 29.3 Å². The topological polar surface area (TPSA) is 88.9 Å². The van der Waals surface area contributed by atoms with Gasteiger partial charge in [0.05, 0.1) is 23.7 Å². The molecule has 134 valence electrons. The molecule has 1 N–H and O–H groups in total. The zero-order valence-corrected chi connectivity index (χ0v) is 14.9. The molecule has 1 fully saturated rings. The molecule has 26 heavy (non-hydrogen) atoms. The smallest absolute Gasteiger partial charge is 0.373 e. The van der Waals surface area contributed by atoms with Crippen LogP contribution in [0, 0.1) is 0 Å². The molecule has 0 spiro atoms. The van der Waals surface area contributed by atoms with Gasteiger partial charge in [-0.3, -0.25) is 9.69 Å². The van der Waals surface area contributed by atoms with Crippen molar-refractivity contribution >= 4 is 47.2 Å². The first kappa shape index (κ1) is 18.0. The Kier molecular flexibility index (Phi) is 5.01. The molecule has 0 unspecified atom stereocenters. The number of hydrogen-bond donors (Lipinski definition) is 1. The number of carbonyl (C=O) groups excluding carboxylic acids is 3. The summed E-state index contributed by atoms with van der Waals surface area (Å²) in [4.78, 5) is 36.9. The number of ether oxygens (including phenoxy) is 1. The second kappa shape index (κ2) is 7.23. The lowest BCUT2D eigenvalue weighted by molar-refractivity contribution is -0.123. The molecule has 0 aliphatic carbocycles. The summed E-state index contributed by atoms with van der Waals surface area (Å²) in [5.74, 6) is -0.920. The maximum Gasteiger partial charge on any atom is 0.373 e. The summed E-state index contributed by atoms with van der Waals surface area (Å²) in [5, 5.41) is 3.21. The van der Waals surface area contributed by atoms with Gasteiger partial charge in [-0.05, 0) is 35.9 Å². The van der Waals surface area contributed by atoms with Crippen LogP contribution in [0.3, 0.4) is 0 Å². The molecule has 2 heterocycles. The monoisotopic (exact) mass is 394 g/mol. The van der Waals surface area contributed by atoms with Crippen molar-refractivity contribution < 1.29 is 23.5 Å². The van der Waals surface area contributed by atoms with E-state index in [1.165, 1.54) is 25.3 Å². The molecule has 1 aromatic heterocycles. The molecule has 9 heteroatoms. The lowest BCUT2D eigenvalue weighted by atomic mass is 10.2. The summed E-state index contributed by atoms with van der Waals surface area (Å²) in [7, 11) is 1.22. The van der Waals surface area contributed by atoms with E-state index in [1.54, 1.807) is 18.2 Å². The molecular weight excluding hydrogens is 383 g/mol. The number of furan rings is 1. The van der Waals surface area contributed by atoms with Crippen molar-refractivity contribution in [1.82, 2.24) is 10.2 Å². The van der Waals surface area contributed by atoms with Crippen molar-refractivity contribution in [3.8, 4) is 0 Å².